The van der Waals surface area contributed by atoms with Gasteiger partial charge in [-0.3, -0.25) is 0 Å². The van der Waals surface area contributed by atoms with Gasteiger partial charge in [-0.25, -0.2) is 4.79 Å². The number of hydrogen-bond acceptors (Lipinski definition) is 4. The molecular weight excluding hydrogens is 228 g/mol. The number of nitrogens with zero attached hydrogens (tertiary/aromatic N) is 1. The Morgan fingerprint density at radius 2 is 2.11 bits per heavy atom. The van der Waals surface area contributed by atoms with Crippen molar-refractivity contribution in [3.63, 3.8) is 0 Å². The summed E-state index contributed by atoms with van der Waals surface area (Å²) in [5.74, 6) is -0.337. The second-order valence-corrected chi connectivity index (χ2v) is 4.55. The third-order valence-electron chi connectivity index (χ3n) is 2.85. The summed E-state index contributed by atoms with van der Waals surface area (Å²) in [6.45, 7) is 7.25. The van der Waals surface area contributed by atoms with Gasteiger partial charge in [-0.1, -0.05) is 6.92 Å². The SMILES string of the molecule is CCCN(c1cc(C(=O)OC)ccc1N)C(C)C. The minimum Gasteiger partial charge on any atom is -0.465 e. The van der Waals surface area contributed by atoms with Crippen molar-refractivity contribution in [2.75, 3.05) is 24.3 Å². The number of nitrogens with two attached hydrogens (primary N) is 1. The van der Waals surface area contributed by atoms with Crippen LogP contribution in [0.2, 0.25) is 0 Å². The van der Waals surface area contributed by atoms with E-state index in [-0.39, 0.29) is 5.97 Å². The maximum absolute atomic E-state index is 11.5. The van der Waals surface area contributed by atoms with Gasteiger partial charge >= 0.3 is 5.97 Å². The molecule has 2 N–H and O–H groups in total. The van der Waals surface area contributed by atoms with Crippen LogP contribution in [0.4, 0.5) is 11.4 Å². The lowest BCUT2D eigenvalue weighted by Crippen LogP contribution is -2.32. The molecule has 0 aromatic heterocycles. The van der Waals surface area contributed by atoms with E-state index in [1.165, 1.54) is 7.11 Å². The molecule has 0 heterocycles. The lowest BCUT2D eigenvalue weighted by molar-refractivity contribution is 0.0601. The summed E-state index contributed by atoms with van der Waals surface area (Å²) in [5, 5.41) is 0. The van der Waals surface area contributed by atoms with Gasteiger partial charge in [-0.15, -0.1) is 0 Å². The molecule has 0 fully saturated rings. The predicted molar refractivity (Wildman–Crippen MR) is 75.0 cm³/mol. The van der Waals surface area contributed by atoms with Crippen LogP contribution < -0.4 is 10.6 Å². The van der Waals surface area contributed by atoms with E-state index < -0.39 is 0 Å². The topological polar surface area (TPSA) is 55.6 Å². The van der Waals surface area contributed by atoms with Crippen LogP contribution in [0.5, 0.6) is 0 Å². The number of nitrogen functional groups attached to an aromatic ring is 1. The van der Waals surface area contributed by atoms with Crippen LogP contribution in [-0.2, 0) is 4.74 Å². The van der Waals surface area contributed by atoms with Crippen molar-refractivity contribution in [2.45, 2.75) is 33.2 Å². The summed E-state index contributed by atoms with van der Waals surface area (Å²) < 4.78 is 4.73. The van der Waals surface area contributed by atoms with Crippen LogP contribution in [-0.4, -0.2) is 25.7 Å². The number of anilines is 2. The molecule has 1 aromatic rings. The number of methoxy groups -OCH3 is 1. The molecule has 0 atom stereocenters. The molecule has 0 aliphatic carbocycles. The number of esters is 1. The first-order chi connectivity index (χ1) is 8.51. The van der Waals surface area contributed by atoms with E-state index >= 15 is 0 Å². The molecule has 0 unspecified atom stereocenters. The van der Waals surface area contributed by atoms with Crippen molar-refractivity contribution in [1.29, 1.82) is 0 Å². The molecular formula is C14H22N2O2. The average Bonchev–Trinajstić information content (AvgIpc) is 2.35. The van der Waals surface area contributed by atoms with E-state index in [0.717, 1.165) is 18.7 Å². The van der Waals surface area contributed by atoms with Gasteiger partial charge < -0.3 is 15.4 Å². The highest BCUT2D eigenvalue weighted by Gasteiger charge is 2.15. The summed E-state index contributed by atoms with van der Waals surface area (Å²) in [6, 6.07) is 5.58. The Morgan fingerprint density at radius 1 is 1.44 bits per heavy atom. The van der Waals surface area contributed by atoms with Crippen molar-refractivity contribution in [2.24, 2.45) is 0 Å². The Bertz CT molecular complexity index is 416. The van der Waals surface area contributed by atoms with Gasteiger partial charge in [0.05, 0.1) is 24.0 Å². The lowest BCUT2D eigenvalue weighted by Gasteiger charge is -2.30. The molecule has 100 valence electrons. The van der Waals surface area contributed by atoms with Crippen molar-refractivity contribution in [3.8, 4) is 0 Å². The maximum Gasteiger partial charge on any atom is 0.337 e. The van der Waals surface area contributed by atoms with Crippen LogP contribution in [0, 0.1) is 0 Å². The molecule has 1 aromatic carbocycles. The summed E-state index contributed by atoms with van der Waals surface area (Å²) >= 11 is 0. The van der Waals surface area contributed by atoms with Gasteiger partial charge in [0.1, 0.15) is 0 Å². The highest BCUT2D eigenvalue weighted by atomic mass is 16.5. The molecule has 4 nitrogen and oxygen atoms in total. The molecule has 0 amide bonds. The Hall–Kier alpha value is -1.71. The van der Waals surface area contributed by atoms with Gasteiger partial charge in [0.2, 0.25) is 0 Å². The van der Waals surface area contributed by atoms with E-state index in [9.17, 15) is 4.79 Å². The summed E-state index contributed by atoms with van der Waals surface area (Å²) in [6.07, 6.45) is 1.03. The molecule has 4 heteroatoms. The normalized spacial score (nSPS) is 10.5. The van der Waals surface area contributed by atoms with Crippen molar-refractivity contribution in [1.82, 2.24) is 0 Å². The van der Waals surface area contributed by atoms with Gasteiger partial charge in [0.25, 0.3) is 0 Å². The van der Waals surface area contributed by atoms with E-state index in [4.69, 9.17) is 10.5 Å². The molecule has 0 aliphatic rings. The largest absolute Gasteiger partial charge is 0.465 e. The molecule has 0 bridgehead atoms. The van der Waals surface area contributed by atoms with E-state index in [2.05, 4.69) is 25.7 Å². The van der Waals surface area contributed by atoms with Crippen LogP contribution in [0.3, 0.4) is 0 Å². The quantitative estimate of drug-likeness (QED) is 0.645. The number of rotatable bonds is 5. The van der Waals surface area contributed by atoms with Crippen LogP contribution >= 0.6 is 0 Å². The summed E-state index contributed by atoms with van der Waals surface area (Å²) in [5.41, 5.74) is 8.12. The first kappa shape index (κ1) is 14.4. The Labute approximate surface area is 109 Å². The third kappa shape index (κ3) is 3.15. The molecule has 1 rings (SSSR count). The molecule has 0 spiro atoms. The van der Waals surface area contributed by atoms with E-state index in [1.54, 1.807) is 18.2 Å². The van der Waals surface area contributed by atoms with E-state index in [1.807, 2.05) is 0 Å². The van der Waals surface area contributed by atoms with Crippen LogP contribution in [0.25, 0.3) is 0 Å². The second kappa shape index (κ2) is 6.28. The Balaban J connectivity index is 3.16. The van der Waals surface area contributed by atoms with Gasteiger partial charge in [-0.2, -0.15) is 0 Å². The number of ether oxygens (including phenoxy) is 1. The summed E-state index contributed by atoms with van der Waals surface area (Å²) in [4.78, 5) is 13.7. The first-order valence-electron chi connectivity index (χ1n) is 6.25. The first-order valence-corrected chi connectivity index (χ1v) is 6.25. The average molecular weight is 250 g/mol. The fraction of sp³-hybridized carbons (Fsp3) is 0.500. The number of hydrogen-bond donors (Lipinski definition) is 1. The Morgan fingerprint density at radius 3 is 2.61 bits per heavy atom. The second-order valence-electron chi connectivity index (χ2n) is 4.55. The smallest absolute Gasteiger partial charge is 0.337 e. The monoisotopic (exact) mass is 250 g/mol. The zero-order valence-electron chi connectivity index (χ0n) is 11.6. The Kier molecular flexibility index (Phi) is 5.01. The molecule has 18 heavy (non-hydrogen) atoms. The number of carbonyl (C=O) groups is 1. The van der Waals surface area contributed by atoms with Crippen molar-refractivity contribution >= 4 is 17.3 Å². The van der Waals surface area contributed by atoms with Crippen LogP contribution in [0.15, 0.2) is 18.2 Å². The predicted octanol–water partition coefficient (Wildman–Crippen LogP) is 2.68. The lowest BCUT2D eigenvalue weighted by atomic mass is 10.1. The number of carbonyl (C=O) groups excluding carboxylic acids is 1. The maximum atomic E-state index is 11.5. The fourth-order valence-electron chi connectivity index (χ4n) is 1.93. The molecule has 0 aliphatic heterocycles. The summed E-state index contributed by atoms with van der Waals surface area (Å²) in [7, 11) is 1.38. The van der Waals surface area contributed by atoms with Crippen molar-refractivity contribution in [3.05, 3.63) is 23.8 Å². The molecule has 0 radical (unpaired) electrons. The molecule has 0 saturated heterocycles. The zero-order valence-corrected chi connectivity index (χ0v) is 11.6. The third-order valence-corrected chi connectivity index (χ3v) is 2.85. The highest BCUT2D eigenvalue weighted by Crippen LogP contribution is 2.27. The minimum absolute atomic E-state index is 0.333. The number of benzene rings is 1. The molecule has 0 saturated carbocycles. The standard InChI is InChI=1S/C14H22N2O2/c1-5-8-16(10(2)3)13-9-11(14(17)18-4)6-7-12(13)15/h6-7,9-10H,5,8,15H2,1-4H3. The van der Waals surface area contributed by atoms with Gasteiger partial charge in [0.15, 0.2) is 0 Å². The van der Waals surface area contributed by atoms with Crippen LogP contribution in [0.1, 0.15) is 37.6 Å². The van der Waals surface area contributed by atoms with Crippen molar-refractivity contribution < 1.29 is 9.53 Å². The van der Waals surface area contributed by atoms with Gasteiger partial charge in [-0.05, 0) is 38.5 Å². The highest BCUT2D eigenvalue weighted by molar-refractivity contribution is 5.92. The zero-order chi connectivity index (χ0) is 13.7. The minimum atomic E-state index is -0.337. The van der Waals surface area contributed by atoms with E-state index in [0.29, 0.717) is 17.3 Å². The fourth-order valence-corrected chi connectivity index (χ4v) is 1.93. The van der Waals surface area contributed by atoms with Gasteiger partial charge in [0, 0.05) is 12.6 Å².